The van der Waals surface area contributed by atoms with Gasteiger partial charge in [-0.3, -0.25) is 4.79 Å². The minimum absolute atomic E-state index is 0.113. The summed E-state index contributed by atoms with van der Waals surface area (Å²) in [4.78, 5) is 12.6. The molecule has 0 aromatic heterocycles. The van der Waals surface area contributed by atoms with Crippen LogP contribution in [0.3, 0.4) is 0 Å². The summed E-state index contributed by atoms with van der Waals surface area (Å²) in [6.45, 7) is 3.93. The number of aryl methyl sites for hydroxylation is 1. The van der Waals surface area contributed by atoms with Crippen LogP contribution in [-0.2, 0) is 0 Å². The maximum absolute atomic E-state index is 12.6. The SMILES string of the molecule is COc1c(C(=O)c2ccccc2N)ccc(C)c1C. The number of carbonyl (C=O) groups excluding carboxylic acids is 1. The molecule has 0 saturated heterocycles. The van der Waals surface area contributed by atoms with Gasteiger partial charge in [-0.15, -0.1) is 0 Å². The van der Waals surface area contributed by atoms with E-state index >= 15 is 0 Å². The Morgan fingerprint density at radius 2 is 1.74 bits per heavy atom. The van der Waals surface area contributed by atoms with Crippen LogP contribution in [0.25, 0.3) is 0 Å². The summed E-state index contributed by atoms with van der Waals surface area (Å²) in [5, 5.41) is 0. The van der Waals surface area contributed by atoms with E-state index in [1.54, 1.807) is 31.4 Å². The fourth-order valence-electron chi connectivity index (χ4n) is 2.08. The number of ether oxygens (including phenoxy) is 1. The number of nitrogen functional groups attached to an aromatic ring is 1. The zero-order chi connectivity index (χ0) is 14.0. The summed E-state index contributed by atoms with van der Waals surface area (Å²) in [6.07, 6.45) is 0. The first kappa shape index (κ1) is 13.1. The number of ketones is 1. The number of hydrogen-bond acceptors (Lipinski definition) is 3. The fourth-order valence-corrected chi connectivity index (χ4v) is 2.08. The van der Waals surface area contributed by atoms with Crippen molar-refractivity contribution in [1.29, 1.82) is 0 Å². The van der Waals surface area contributed by atoms with E-state index in [-0.39, 0.29) is 5.78 Å². The van der Waals surface area contributed by atoms with Crippen molar-refractivity contribution in [2.45, 2.75) is 13.8 Å². The van der Waals surface area contributed by atoms with Crippen LogP contribution < -0.4 is 10.5 Å². The summed E-state index contributed by atoms with van der Waals surface area (Å²) < 4.78 is 5.38. The molecule has 0 radical (unpaired) electrons. The number of carbonyl (C=O) groups is 1. The highest BCUT2D eigenvalue weighted by molar-refractivity contribution is 6.13. The Morgan fingerprint density at radius 3 is 2.37 bits per heavy atom. The molecule has 0 spiro atoms. The molecule has 3 nitrogen and oxygen atoms in total. The van der Waals surface area contributed by atoms with Crippen molar-refractivity contribution >= 4 is 11.5 Å². The van der Waals surface area contributed by atoms with Gasteiger partial charge in [-0.1, -0.05) is 18.2 Å². The van der Waals surface area contributed by atoms with Gasteiger partial charge in [-0.25, -0.2) is 0 Å². The van der Waals surface area contributed by atoms with E-state index < -0.39 is 0 Å². The molecule has 2 rings (SSSR count). The van der Waals surface area contributed by atoms with Gasteiger partial charge in [0.2, 0.25) is 0 Å². The molecule has 2 aromatic carbocycles. The Balaban J connectivity index is 2.57. The number of para-hydroxylation sites is 1. The highest BCUT2D eigenvalue weighted by atomic mass is 16.5. The molecule has 98 valence electrons. The van der Waals surface area contributed by atoms with E-state index in [0.29, 0.717) is 22.6 Å². The van der Waals surface area contributed by atoms with Gasteiger partial charge in [0.05, 0.1) is 12.7 Å². The van der Waals surface area contributed by atoms with Gasteiger partial charge < -0.3 is 10.5 Å². The number of anilines is 1. The topological polar surface area (TPSA) is 52.3 Å². The zero-order valence-corrected chi connectivity index (χ0v) is 11.4. The molecule has 0 atom stereocenters. The maximum Gasteiger partial charge on any atom is 0.198 e. The molecule has 19 heavy (non-hydrogen) atoms. The quantitative estimate of drug-likeness (QED) is 0.677. The lowest BCUT2D eigenvalue weighted by Crippen LogP contribution is -2.08. The summed E-state index contributed by atoms with van der Waals surface area (Å²) in [5.74, 6) is 0.506. The van der Waals surface area contributed by atoms with Crippen molar-refractivity contribution in [3.63, 3.8) is 0 Å². The van der Waals surface area contributed by atoms with Gasteiger partial charge in [0.1, 0.15) is 5.75 Å². The smallest absolute Gasteiger partial charge is 0.198 e. The van der Waals surface area contributed by atoms with E-state index in [1.165, 1.54) is 0 Å². The summed E-state index contributed by atoms with van der Waals surface area (Å²) in [6, 6.07) is 10.8. The number of nitrogens with two attached hydrogens (primary N) is 1. The molecule has 2 aromatic rings. The van der Waals surface area contributed by atoms with Crippen molar-refractivity contribution in [1.82, 2.24) is 0 Å². The van der Waals surface area contributed by atoms with E-state index in [2.05, 4.69) is 0 Å². The highest BCUT2D eigenvalue weighted by Gasteiger charge is 2.18. The lowest BCUT2D eigenvalue weighted by Gasteiger charge is -2.13. The number of benzene rings is 2. The first-order valence-electron chi connectivity index (χ1n) is 6.09. The molecular weight excluding hydrogens is 238 g/mol. The van der Waals surface area contributed by atoms with Gasteiger partial charge >= 0.3 is 0 Å². The molecule has 0 aliphatic heterocycles. The van der Waals surface area contributed by atoms with Gasteiger partial charge in [0.25, 0.3) is 0 Å². The minimum Gasteiger partial charge on any atom is -0.496 e. The summed E-state index contributed by atoms with van der Waals surface area (Å²) in [5.41, 5.74) is 9.45. The largest absolute Gasteiger partial charge is 0.496 e. The second-order valence-corrected chi connectivity index (χ2v) is 4.50. The van der Waals surface area contributed by atoms with Crippen LogP contribution >= 0.6 is 0 Å². The van der Waals surface area contributed by atoms with Crippen molar-refractivity contribution in [2.75, 3.05) is 12.8 Å². The number of methoxy groups -OCH3 is 1. The molecule has 0 amide bonds. The molecule has 3 heteroatoms. The van der Waals surface area contributed by atoms with E-state index in [1.807, 2.05) is 26.0 Å². The van der Waals surface area contributed by atoms with Gasteiger partial charge in [-0.05, 0) is 43.2 Å². The van der Waals surface area contributed by atoms with Gasteiger partial charge in [0.15, 0.2) is 5.78 Å². The van der Waals surface area contributed by atoms with Crippen LogP contribution in [0.5, 0.6) is 5.75 Å². The predicted octanol–water partition coefficient (Wildman–Crippen LogP) is 3.13. The predicted molar refractivity (Wildman–Crippen MR) is 76.8 cm³/mol. The van der Waals surface area contributed by atoms with Crippen LogP contribution in [-0.4, -0.2) is 12.9 Å². The molecule has 2 N–H and O–H groups in total. The van der Waals surface area contributed by atoms with Crippen LogP contribution in [0.15, 0.2) is 36.4 Å². The zero-order valence-electron chi connectivity index (χ0n) is 11.4. The Labute approximate surface area is 113 Å². The lowest BCUT2D eigenvalue weighted by atomic mass is 9.97. The first-order chi connectivity index (χ1) is 9.06. The van der Waals surface area contributed by atoms with Crippen molar-refractivity contribution in [3.8, 4) is 5.75 Å². The monoisotopic (exact) mass is 255 g/mol. The van der Waals surface area contributed by atoms with Crippen molar-refractivity contribution in [2.24, 2.45) is 0 Å². The van der Waals surface area contributed by atoms with Crippen molar-refractivity contribution < 1.29 is 9.53 Å². The highest BCUT2D eigenvalue weighted by Crippen LogP contribution is 2.29. The Hall–Kier alpha value is -2.29. The lowest BCUT2D eigenvalue weighted by molar-refractivity contribution is 0.103. The fraction of sp³-hybridized carbons (Fsp3) is 0.188. The molecule has 0 bridgehead atoms. The minimum atomic E-state index is -0.113. The third-order valence-electron chi connectivity index (χ3n) is 3.33. The molecule has 0 saturated carbocycles. The average Bonchev–Trinajstić information content (AvgIpc) is 2.41. The van der Waals surface area contributed by atoms with Crippen LogP contribution in [0.4, 0.5) is 5.69 Å². The Morgan fingerprint density at radius 1 is 1.05 bits per heavy atom. The second-order valence-electron chi connectivity index (χ2n) is 4.50. The number of rotatable bonds is 3. The third kappa shape index (κ3) is 2.32. The maximum atomic E-state index is 12.6. The molecule has 0 aliphatic carbocycles. The molecule has 0 fully saturated rings. The average molecular weight is 255 g/mol. The van der Waals surface area contributed by atoms with Gasteiger partial charge in [-0.2, -0.15) is 0 Å². The molecule has 0 aliphatic rings. The standard InChI is InChI=1S/C16H17NO2/c1-10-8-9-13(16(19-3)11(10)2)15(18)12-6-4-5-7-14(12)17/h4-9H,17H2,1-3H3. The second kappa shape index (κ2) is 5.14. The third-order valence-corrected chi connectivity index (χ3v) is 3.33. The Bertz CT molecular complexity index is 633. The summed E-state index contributed by atoms with van der Waals surface area (Å²) in [7, 11) is 1.58. The molecular formula is C16H17NO2. The van der Waals surface area contributed by atoms with Crippen LogP contribution in [0, 0.1) is 13.8 Å². The van der Waals surface area contributed by atoms with E-state index in [4.69, 9.17) is 10.5 Å². The van der Waals surface area contributed by atoms with Gasteiger partial charge in [0, 0.05) is 11.3 Å². The van der Waals surface area contributed by atoms with Crippen molar-refractivity contribution in [3.05, 3.63) is 58.7 Å². The Kier molecular flexibility index (Phi) is 3.56. The van der Waals surface area contributed by atoms with Crippen LogP contribution in [0.2, 0.25) is 0 Å². The number of hydrogen-bond donors (Lipinski definition) is 1. The van der Waals surface area contributed by atoms with Crippen LogP contribution in [0.1, 0.15) is 27.0 Å². The summed E-state index contributed by atoms with van der Waals surface area (Å²) >= 11 is 0. The molecule has 0 unspecified atom stereocenters. The normalized spacial score (nSPS) is 10.3. The van der Waals surface area contributed by atoms with E-state index in [0.717, 1.165) is 11.1 Å². The first-order valence-corrected chi connectivity index (χ1v) is 6.09. The molecule has 0 heterocycles. The van der Waals surface area contributed by atoms with E-state index in [9.17, 15) is 4.79 Å².